The van der Waals surface area contributed by atoms with Gasteiger partial charge < -0.3 is 4.90 Å². The summed E-state index contributed by atoms with van der Waals surface area (Å²) in [6.07, 6.45) is 2.65. The molecule has 0 saturated heterocycles. The van der Waals surface area contributed by atoms with Gasteiger partial charge >= 0.3 is 0 Å². The van der Waals surface area contributed by atoms with E-state index in [1.165, 1.54) is 24.9 Å². The maximum atomic E-state index is 5.86. The molecule has 0 spiro atoms. The molecule has 1 saturated carbocycles. The lowest BCUT2D eigenvalue weighted by molar-refractivity contribution is 0.208. The summed E-state index contributed by atoms with van der Waals surface area (Å²) in [5.74, 6) is 0.877. The van der Waals surface area contributed by atoms with Gasteiger partial charge in [0.05, 0.1) is 0 Å². The lowest BCUT2D eigenvalue weighted by atomic mass is 9.85. The largest absolute Gasteiger partial charge is 0.302 e. The van der Waals surface area contributed by atoms with E-state index in [1.54, 1.807) is 0 Å². The normalized spacial score (nSPS) is 24.5. The molecule has 1 fully saturated rings. The fourth-order valence-electron chi connectivity index (χ4n) is 2.21. The van der Waals surface area contributed by atoms with Gasteiger partial charge in [-0.3, -0.25) is 0 Å². The van der Waals surface area contributed by atoms with Crippen LogP contribution in [0.5, 0.6) is 0 Å². The SMILES string of the molecule is CN(Cc1ccc(Cl)cc1)CC1CC(Br)C1. The number of alkyl halides is 1. The first kappa shape index (κ1) is 12.4. The van der Waals surface area contributed by atoms with Gasteiger partial charge in [-0.1, -0.05) is 39.7 Å². The quantitative estimate of drug-likeness (QED) is 0.761. The van der Waals surface area contributed by atoms with Gasteiger partial charge in [-0.15, -0.1) is 0 Å². The number of halogens is 2. The molecule has 1 nitrogen and oxygen atoms in total. The minimum atomic E-state index is 0.765. The molecule has 0 aliphatic heterocycles. The van der Waals surface area contributed by atoms with E-state index in [1.807, 2.05) is 12.1 Å². The molecule has 0 aromatic heterocycles. The molecule has 1 aromatic rings. The molecule has 1 aliphatic carbocycles. The average molecular weight is 303 g/mol. The summed E-state index contributed by atoms with van der Waals surface area (Å²) in [6, 6.07) is 8.13. The van der Waals surface area contributed by atoms with Gasteiger partial charge in [-0.05, 0) is 43.5 Å². The van der Waals surface area contributed by atoms with Crippen LogP contribution in [0.1, 0.15) is 18.4 Å². The Hall–Kier alpha value is -0.0500. The number of nitrogens with zero attached hydrogens (tertiary/aromatic N) is 1. The summed E-state index contributed by atoms with van der Waals surface area (Å²) in [5.41, 5.74) is 1.33. The number of hydrogen-bond donors (Lipinski definition) is 0. The third kappa shape index (κ3) is 3.47. The fourth-order valence-corrected chi connectivity index (χ4v) is 3.39. The van der Waals surface area contributed by atoms with E-state index in [0.29, 0.717) is 0 Å². The maximum Gasteiger partial charge on any atom is 0.0406 e. The van der Waals surface area contributed by atoms with E-state index in [0.717, 1.165) is 22.3 Å². The average Bonchev–Trinajstić information content (AvgIpc) is 2.19. The lowest BCUT2D eigenvalue weighted by Gasteiger charge is -2.34. The van der Waals surface area contributed by atoms with Crippen LogP contribution in [0.25, 0.3) is 0 Å². The van der Waals surface area contributed by atoms with Crippen molar-refractivity contribution in [2.75, 3.05) is 13.6 Å². The highest BCUT2D eigenvalue weighted by molar-refractivity contribution is 9.09. The Labute approximate surface area is 111 Å². The Balaban J connectivity index is 1.78. The predicted octanol–water partition coefficient (Wildman–Crippen LogP) is 3.95. The highest BCUT2D eigenvalue weighted by Crippen LogP contribution is 2.33. The van der Waals surface area contributed by atoms with Gasteiger partial charge in [0.15, 0.2) is 0 Å². The van der Waals surface area contributed by atoms with Gasteiger partial charge in [-0.2, -0.15) is 0 Å². The third-order valence-electron chi connectivity index (χ3n) is 3.11. The van der Waals surface area contributed by atoms with Crippen LogP contribution >= 0.6 is 27.5 Å². The summed E-state index contributed by atoms with van der Waals surface area (Å²) in [4.78, 5) is 3.16. The fraction of sp³-hybridized carbons (Fsp3) is 0.538. The molecule has 88 valence electrons. The van der Waals surface area contributed by atoms with Crippen LogP contribution < -0.4 is 0 Å². The molecule has 0 heterocycles. The second-order valence-electron chi connectivity index (χ2n) is 4.76. The minimum absolute atomic E-state index is 0.765. The lowest BCUT2D eigenvalue weighted by Crippen LogP contribution is -2.34. The van der Waals surface area contributed by atoms with Crippen LogP contribution in [0.15, 0.2) is 24.3 Å². The predicted molar refractivity (Wildman–Crippen MR) is 73.2 cm³/mol. The summed E-state index contributed by atoms with van der Waals surface area (Å²) >= 11 is 9.49. The van der Waals surface area contributed by atoms with Crippen molar-refractivity contribution in [1.29, 1.82) is 0 Å². The van der Waals surface area contributed by atoms with E-state index < -0.39 is 0 Å². The molecule has 2 rings (SSSR count). The van der Waals surface area contributed by atoms with Gasteiger partial charge in [0.2, 0.25) is 0 Å². The number of benzene rings is 1. The minimum Gasteiger partial charge on any atom is -0.302 e. The molecule has 0 unspecified atom stereocenters. The van der Waals surface area contributed by atoms with Crippen LogP contribution in [0.2, 0.25) is 5.02 Å². The van der Waals surface area contributed by atoms with Gasteiger partial charge in [0, 0.05) is 22.9 Å². The molecule has 0 bridgehead atoms. The second-order valence-corrected chi connectivity index (χ2v) is 6.49. The Morgan fingerprint density at radius 3 is 2.50 bits per heavy atom. The zero-order valence-corrected chi connectivity index (χ0v) is 11.8. The summed E-state index contributed by atoms with van der Waals surface area (Å²) in [5, 5.41) is 0.813. The molecule has 0 N–H and O–H groups in total. The maximum absolute atomic E-state index is 5.86. The van der Waals surface area contributed by atoms with Gasteiger partial charge in [-0.25, -0.2) is 0 Å². The molecular formula is C13H17BrClN. The first-order valence-corrected chi connectivity index (χ1v) is 7.00. The summed E-state index contributed by atoms with van der Waals surface area (Å²) in [6.45, 7) is 2.21. The van der Waals surface area contributed by atoms with Crippen molar-refractivity contribution < 1.29 is 0 Å². The Kier molecular flexibility index (Phi) is 4.28. The van der Waals surface area contributed by atoms with Crippen LogP contribution in [-0.4, -0.2) is 23.3 Å². The third-order valence-corrected chi connectivity index (χ3v) is 4.11. The molecule has 3 heteroatoms. The van der Waals surface area contributed by atoms with E-state index in [2.05, 4.69) is 40.0 Å². The van der Waals surface area contributed by atoms with E-state index >= 15 is 0 Å². The van der Waals surface area contributed by atoms with E-state index in [-0.39, 0.29) is 0 Å². The Bertz CT molecular complexity index is 332. The van der Waals surface area contributed by atoms with Crippen molar-refractivity contribution in [2.45, 2.75) is 24.2 Å². The molecule has 1 aromatic carbocycles. The van der Waals surface area contributed by atoms with Crippen LogP contribution in [0.3, 0.4) is 0 Å². The molecule has 16 heavy (non-hydrogen) atoms. The number of hydrogen-bond acceptors (Lipinski definition) is 1. The van der Waals surface area contributed by atoms with Crippen LogP contribution in [-0.2, 0) is 6.54 Å². The smallest absolute Gasteiger partial charge is 0.0406 e. The Morgan fingerprint density at radius 1 is 1.31 bits per heavy atom. The standard InChI is InChI=1S/C13H17BrClN/c1-16(9-11-6-12(14)7-11)8-10-2-4-13(15)5-3-10/h2-5,11-12H,6-9H2,1H3. The zero-order valence-electron chi connectivity index (χ0n) is 9.50. The summed E-state index contributed by atoms with van der Waals surface area (Å²) in [7, 11) is 2.19. The van der Waals surface area contributed by atoms with Crippen LogP contribution in [0.4, 0.5) is 0 Å². The van der Waals surface area contributed by atoms with Crippen molar-refractivity contribution in [3.63, 3.8) is 0 Å². The van der Waals surface area contributed by atoms with Crippen molar-refractivity contribution in [3.8, 4) is 0 Å². The van der Waals surface area contributed by atoms with Crippen LogP contribution in [0, 0.1) is 5.92 Å². The zero-order chi connectivity index (χ0) is 11.5. The van der Waals surface area contributed by atoms with Crippen molar-refractivity contribution in [3.05, 3.63) is 34.9 Å². The highest BCUT2D eigenvalue weighted by atomic mass is 79.9. The molecule has 0 radical (unpaired) electrons. The van der Waals surface area contributed by atoms with Gasteiger partial charge in [0.25, 0.3) is 0 Å². The molecule has 0 amide bonds. The topological polar surface area (TPSA) is 3.24 Å². The first-order chi connectivity index (χ1) is 7.63. The van der Waals surface area contributed by atoms with E-state index in [9.17, 15) is 0 Å². The highest BCUT2D eigenvalue weighted by Gasteiger charge is 2.27. The Morgan fingerprint density at radius 2 is 1.94 bits per heavy atom. The molecule has 0 atom stereocenters. The number of rotatable bonds is 4. The van der Waals surface area contributed by atoms with Crippen molar-refractivity contribution in [1.82, 2.24) is 4.90 Å². The first-order valence-electron chi connectivity index (χ1n) is 5.70. The van der Waals surface area contributed by atoms with E-state index in [4.69, 9.17) is 11.6 Å². The van der Waals surface area contributed by atoms with Crippen molar-refractivity contribution >= 4 is 27.5 Å². The summed E-state index contributed by atoms with van der Waals surface area (Å²) < 4.78 is 0. The van der Waals surface area contributed by atoms with Crippen molar-refractivity contribution in [2.24, 2.45) is 5.92 Å². The van der Waals surface area contributed by atoms with Gasteiger partial charge in [0.1, 0.15) is 0 Å². The molecule has 1 aliphatic rings. The monoisotopic (exact) mass is 301 g/mol. The second kappa shape index (κ2) is 5.52. The molecular weight excluding hydrogens is 286 g/mol.